The van der Waals surface area contributed by atoms with E-state index in [1.165, 1.54) is 12.8 Å². The number of rotatable bonds is 9. The molecule has 0 aromatic carbocycles. The van der Waals surface area contributed by atoms with E-state index in [-0.39, 0.29) is 0 Å². The van der Waals surface area contributed by atoms with Crippen LogP contribution in [0.15, 0.2) is 0 Å². The highest BCUT2D eigenvalue weighted by Gasteiger charge is 2.31. The molecule has 0 bridgehead atoms. The van der Waals surface area contributed by atoms with Crippen molar-refractivity contribution in [3.05, 3.63) is 0 Å². The second-order valence-corrected chi connectivity index (χ2v) is 5.95. The third-order valence-electron chi connectivity index (χ3n) is 4.52. The lowest BCUT2D eigenvalue weighted by Gasteiger charge is -2.30. The molecule has 19 heavy (non-hydrogen) atoms. The Labute approximate surface area is 117 Å². The Morgan fingerprint density at radius 1 is 1.21 bits per heavy atom. The first-order valence-corrected chi connectivity index (χ1v) is 7.85. The first-order chi connectivity index (χ1) is 9.31. The van der Waals surface area contributed by atoms with Gasteiger partial charge < -0.3 is 14.8 Å². The lowest BCUT2D eigenvalue weighted by Crippen LogP contribution is -2.44. The maximum Gasteiger partial charge on any atom is 0.0589 e. The molecule has 0 aromatic rings. The molecule has 1 N–H and O–H groups in total. The fraction of sp³-hybridized carbons (Fsp3) is 1.00. The molecule has 1 aliphatic carbocycles. The molecule has 4 nitrogen and oxygen atoms in total. The van der Waals surface area contributed by atoms with Gasteiger partial charge in [-0.15, -0.1) is 0 Å². The largest absolute Gasteiger partial charge is 0.383 e. The molecule has 1 saturated carbocycles. The molecule has 1 atom stereocenters. The van der Waals surface area contributed by atoms with Crippen LogP contribution in [0.2, 0.25) is 0 Å². The Bertz CT molecular complexity index is 240. The molecule has 1 saturated heterocycles. The minimum Gasteiger partial charge on any atom is -0.383 e. The minimum atomic E-state index is 0.661. The summed E-state index contributed by atoms with van der Waals surface area (Å²) >= 11 is 0. The maximum absolute atomic E-state index is 5.39. The molecule has 2 fully saturated rings. The van der Waals surface area contributed by atoms with Crippen LogP contribution < -0.4 is 5.32 Å². The van der Waals surface area contributed by atoms with E-state index in [0.29, 0.717) is 12.1 Å². The van der Waals surface area contributed by atoms with Gasteiger partial charge in [0.05, 0.1) is 6.61 Å². The summed E-state index contributed by atoms with van der Waals surface area (Å²) in [7, 11) is 1.79. The van der Waals surface area contributed by atoms with Crippen LogP contribution in [-0.4, -0.2) is 63.5 Å². The number of nitrogens with one attached hydrogen (secondary N) is 1. The number of ether oxygens (including phenoxy) is 2. The van der Waals surface area contributed by atoms with Crippen LogP contribution >= 0.6 is 0 Å². The van der Waals surface area contributed by atoms with Crippen molar-refractivity contribution in [2.24, 2.45) is 5.92 Å². The lowest BCUT2D eigenvalue weighted by molar-refractivity contribution is 0.0750. The maximum atomic E-state index is 5.39. The minimum absolute atomic E-state index is 0.661. The average molecular weight is 270 g/mol. The quantitative estimate of drug-likeness (QED) is 0.688. The molecule has 112 valence electrons. The smallest absolute Gasteiger partial charge is 0.0589 e. The van der Waals surface area contributed by atoms with Gasteiger partial charge in [0.15, 0.2) is 0 Å². The van der Waals surface area contributed by atoms with E-state index < -0.39 is 0 Å². The Kier molecular flexibility index (Phi) is 6.57. The third-order valence-corrected chi connectivity index (χ3v) is 4.52. The molecule has 0 radical (unpaired) electrons. The third kappa shape index (κ3) is 5.38. The molecular weight excluding hydrogens is 240 g/mol. The summed E-state index contributed by atoms with van der Waals surface area (Å²) in [6, 6.07) is 1.38. The van der Waals surface area contributed by atoms with Crippen molar-refractivity contribution in [3.8, 4) is 0 Å². The molecule has 4 heteroatoms. The van der Waals surface area contributed by atoms with Crippen LogP contribution in [0.3, 0.4) is 0 Å². The fourth-order valence-electron chi connectivity index (χ4n) is 2.92. The molecule has 2 rings (SSSR count). The van der Waals surface area contributed by atoms with Gasteiger partial charge in [0.1, 0.15) is 0 Å². The van der Waals surface area contributed by atoms with E-state index in [9.17, 15) is 0 Å². The molecule has 0 amide bonds. The predicted octanol–water partition coefficient (Wildman–Crippen LogP) is 1.50. The number of hydrogen-bond donors (Lipinski definition) is 1. The van der Waals surface area contributed by atoms with E-state index in [0.717, 1.165) is 58.2 Å². The summed E-state index contributed by atoms with van der Waals surface area (Å²) in [4.78, 5) is 2.59. The van der Waals surface area contributed by atoms with Crippen LogP contribution in [0, 0.1) is 5.92 Å². The summed E-state index contributed by atoms with van der Waals surface area (Å²) in [5, 5.41) is 3.68. The molecule has 2 aliphatic rings. The van der Waals surface area contributed by atoms with Gasteiger partial charge in [0, 0.05) is 52.0 Å². The zero-order valence-electron chi connectivity index (χ0n) is 12.6. The van der Waals surface area contributed by atoms with Crippen molar-refractivity contribution in [1.82, 2.24) is 10.2 Å². The van der Waals surface area contributed by atoms with E-state index >= 15 is 0 Å². The summed E-state index contributed by atoms with van der Waals surface area (Å²) in [5.41, 5.74) is 0. The van der Waals surface area contributed by atoms with Crippen LogP contribution in [0.4, 0.5) is 0 Å². The van der Waals surface area contributed by atoms with Gasteiger partial charge in [-0.25, -0.2) is 0 Å². The van der Waals surface area contributed by atoms with Crippen LogP contribution in [0.5, 0.6) is 0 Å². The second-order valence-electron chi connectivity index (χ2n) is 5.95. The van der Waals surface area contributed by atoms with E-state index in [1.54, 1.807) is 7.11 Å². The zero-order valence-corrected chi connectivity index (χ0v) is 12.6. The van der Waals surface area contributed by atoms with E-state index in [1.807, 2.05) is 0 Å². The van der Waals surface area contributed by atoms with Crippen LogP contribution in [0.25, 0.3) is 0 Å². The standard InChI is InChI=1S/C15H30N2O2/c1-13(14-3-4-14)17(9-12-18-2)8-7-16-15-5-10-19-11-6-15/h13-16H,3-12H2,1-2H3. The van der Waals surface area contributed by atoms with Gasteiger partial charge in [-0.3, -0.25) is 4.90 Å². The lowest BCUT2D eigenvalue weighted by atomic mass is 10.1. The Hall–Kier alpha value is -0.160. The van der Waals surface area contributed by atoms with Crippen molar-refractivity contribution in [2.45, 2.75) is 44.7 Å². The Morgan fingerprint density at radius 3 is 2.58 bits per heavy atom. The van der Waals surface area contributed by atoms with Gasteiger partial charge in [-0.05, 0) is 38.5 Å². The normalized spacial score (nSPS) is 22.9. The molecule has 1 heterocycles. The molecular formula is C15H30N2O2. The highest BCUT2D eigenvalue weighted by atomic mass is 16.5. The van der Waals surface area contributed by atoms with Gasteiger partial charge in [-0.2, -0.15) is 0 Å². The van der Waals surface area contributed by atoms with Crippen LogP contribution in [-0.2, 0) is 9.47 Å². The van der Waals surface area contributed by atoms with Gasteiger partial charge in [0.2, 0.25) is 0 Å². The van der Waals surface area contributed by atoms with Crippen molar-refractivity contribution in [3.63, 3.8) is 0 Å². The fourth-order valence-corrected chi connectivity index (χ4v) is 2.92. The zero-order chi connectivity index (χ0) is 13.5. The number of hydrogen-bond acceptors (Lipinski definition) is 4. The SMILES string of the molecule is COCCN(CCNC1CCOCC1)C(C)C1CC1. The molecule has 0 aromatic heterocycles. The summed E-state index contributed by atoms with van der Waals surface area (Å²) in [6.07, 6.45) is 5.16. The highest BCUT2D eigenvalue weighted by molar-refractivity contribution is 4.85. The summed E-state index contributed by atoms with van der Waals surface area (Å²) in [5.74, 6) is 0.930. The van der Waals surface area contributed by atoms with E-state index in [4.69, 9.17) is 9.47 Å². The second kappa shape index (κ2) is 8.20. The topological polar surface area (TPSA) is 33.7 Å². The Morgan fingerprint density at radius 2 is 1.95 bits per heavy atom. The first-order valence-electron chi connectivity index (χ1n) is 7.85. The molecule has 1 unspecified atom stereocenters. The highest BCUT2D eigenvalue weighted by Crippen LogP contribution is 2.34. The van der Waals surface area contributed by atoms with Crippen molar-refractivity contribution < 1.29 is 9.47 Å². The van der Waals surface area contributed by atoms with Crippen LogP contribution in [0.1, 0.15) is 32.6 Å². The predicted molar refractivity (Wildman–Crippen MR) is 77.5 cm³/mol. The van der Waals surface area contributed by atoms with Gasteiger partial charge in [-0.1, -0.05) is 0 Å². The monoisotopic (exact) mass is 270 g/mol. The molecule has 1 aliphatic heterocycles. The summed E-state index contributed by atoms with van der Waals surface area (Å²) < 4.78 is 10.6. The van der Waals surface area contributed by atoms with E-state index in [2.05, 4.69) is 17.1 Å². The van der Waals surface area contributed by atoms with Crippen molar-refractivity contribution >= 4 is 0 Å². The summed E-state index contributed by atoms with van der Waals surface area (Å²) in [6.45, 7) is 8.34. The molecule has 0 spiro atoms. The number of methoxy groups -OCH3 is 1. The Balaban J connectivity index is 1.65. The first kappa shape index (κ1) is 15.2. The van der Waals surface area contributed by atoms with Crippen molar-refractivity contribution in [2.75, 3.05) is 46.6 Å². The van der Waals surface area contributed by atoms with Gasteiger partial charge in [0.25, 0.3) is 0 Å². The number of nitrogens with zero attached hydrogens (tertiary/aromatic N) is 1. The van der Waals surface area contributed by atoms with Gasteiger partial charge >= 0.3 is 0 Å². The van der Waals surface area contributed by atoms with Crippen molar-refractivity contribution in [1.29, 1.82) is 0 Å². The average Bonchev–Trinajstić information content (AvgIpc) is 3.27.